The zero-order valence-corrected chi connectivity index (χ0v) is 23.8. The second-order valence-electron chi connectivity index (χ2n) is 9.56. The third-order valence-electron chi connectivity index (χ3n) is 6.69. The quantitative estimate of drug-likeness (QED) is 0.122. The first-order valence-electron chi connectivity index (χ1n) is 13.3. The predicted molar refractivity (Wildman–Crippen MR) is 156 cm³/mol. The second kappa shape index (κ2) is 13.4. The molecule has 1 aliphatic rings. The molecule has 1 fully saturated rings. The predicted octanol–water partition coefficient (Wildman–Crippen LogP) is 3.59. The zero-order chi connectivity index (χ0) is 32.1. The minimum atomic E-state index is -1.75. The number of rotatable bonds is 9. The molecule has 14 nitrogen and oxygen atoms in total. The van der Waals surface area contributed by atoms with Gasteiger partial charge in [-0.3, -0.25) is 14.9 Å². The zero-order valence-electron chi connectivity index (χ0n) is 23.1. The van der Waals surface area contributed by atoms with E-state index in [-0.39, 0.29) is 16.7 Å². The van der Waals surface area contributed by atoms with Gasteiger partial charge in [0.15, 0.2) is 29.3 Å². The molecule has 0 spiro atoms. The first-order valence-corrected chi connectivity index (χ1v) is 13.7. The number of hydrogen-bond donors (Lipinski definition) is 1. The lowest BCUT2D eigenvalue weighted by Crippen LogP contribution is -2.43. The molecule has 1 aliphatic heterocycles. The Morgan fingerprint density at radius 3 is 1.80 bits per heavy atom. The van der Waals surface area contributed by atoms with E-state index in [0.29, 0.717) is 4.68 Å². The van der Waals surface area contributed by atoms with Crippen LogP contribution >= 0.6 is 11.6 Å². The van der Waals surface area contributed by atoms with E-state index < -0.39 is 76.1 Å². The molecule has 2 heterocycles. The topological polar surface area (TPSA) is 192 Å². The smallest absolute Gasteiger partial charge is 0.361 e. The SMILES string of the molecule is Nc1c(Cl)nn([C@@H]2O[C@H](COC(=O)c3ccccc3)[C@@H](OC(=O)c3ccccc3)[C@H]2OC(=O)c2ccccc2)c(=O)c1[N+](=O)[O-]. The monoisotopic (exact) mass is 634 g/mol. The molecule has 1 aromatic heterocycles. The number of nitro groups is 1. The minimum Gasteiger partial charge on any atom is -0.459 e. The number of aromatic nitrogens is 2. The molecule has 230 valence electrons. The van der Waals surface area contributed by atoms with Gasteiger partial charge in [-0.15, -0.1) is 0 Å². The Kier molecular flexibility index (Phi) is 9.16. The molecular formula is C30H23ClN4O10. The van der Waals surface area contributed by atoms with Crippen LogP contribution in [0.1, 0.15) is 37.3 Å². The Labute approximate surface area is 259 Å². The number of ether oxygens (including phenoxy) is 4. The van der Waals surface area contributed by atoms with Gasteiger partial charge in [0, 0.05) is 0 Å². The van der Waals surface area contributed by atoms with Crippen molar-refractivity contribution in [2.24, 2.45) is 0 Å². The Morgan fingerprint density at radius 2 is 1.31 bits per heavy atom. The number of esters is 3. The van der Waals surface area contributed by atoms with E-state index in [4.69, 9.17) is 36.3 Å². The number of nitrogens with two attached hydrogens (primary N) is 1. The van der Waals surface area contributed by atoms with Crippen LogP contribution in [0.5, 0.6) is 0 Å². The number of nitrogen functional groups attached to an aromatic ring is 1. The molecule has 4 aromatic rings. The molecule has 5 rings (SSSR count). The maximum atomic E-state index is 13.3. The highest BCUT2D eigenvalue weighted by Gasteiger charge is 2.53. The number of carbonyl (C=O) groups excluding carboxylic acids is 3. The van der Waals surface area contributed by atoms with Crippen LogP contribution in [0.25, 0.3) is 0 Å². The van der Waals surface area contributed by atoms with Gasteiger partial charge in [0.25, 0.3) is 0 Å². The summed E-state index contributed by atoms with van der Waals surface area (Å²) in [5, 5.41) is 15.0. The third-order valence-corrected chi connectivity index (χ3v) is 6.97. The lowest BCUT2D eigenvalue weighted by Gasteiger charge is -2.24. The molecule has 0 unspecified atom stereocenters. The summed E-state index contributed by atoms with van der Waals surface area (Å²) >= 11 is 6.05. The van der Waals surface area contributed by atoms with E-state index in [9.17, 15) is 29.3 Å². The highest BCUT2D eigenvalue weighted by molar-refractivity contribution is 6.32. The summed E-state index contributed by atoms with van der Waals surface area (Å²) < 4.78 is 23.4. The first kappa shape index (κ1) is 30.8. The van der Waals surface area contributed by atoms with Crippen molar-refractivity contribution in [1.29, 1.82) is 0 Å². The summed E-state index contributed by atoms with van der Waals surface area (Å²) in [6.07, 6.45) is -6.30. The van der Waals surface area contributed by atoms with Crippen molar-refractivity contribution in [3.05, 3.63) is 133 Å². The summed E-state index contributed by atoms with van der Waals surface area (Å²) in [5.41, 5.74) is 2.93. The number of nitrogens with zero attached hydrogens (tertiary/aromatic N) is 3. The van der Waals surface area contributed by atoms with Crippen LogP contribution < -0.4 is 11.3 Å². The maximum Gasteiger partial charge on any atom is 0.361 e. The summed E-state index contributed by atoms with van der Waals surface area (Å²) in [5.74, 6) is -2.54. The lowest BCUT2D eigenvalue weighted by molar-refractivity contribution is -0.385. The van der Waals surface area contributed by atoms with Gasteiger partial charge in [-0.2, -0.15) is 9.78 Å². The minimum absolute atomic E-state index is 0.0879. The fourth-order valence-corrected chi connectivity index (χ4v) is 4.69. The van der Waals surface area contributed by atoms with Gasteiger partial charge >= 0.3 is 29.2 Å². The number of anilines is 1. The van der Waals surface area contributed by atoms with Gasteiger partial charge in [-0.1, -0.05) is 66.2 Å². The highest BCUT2D eigenvalue weighted by atomic mass is 35.5. The summed E-state index contributed by atoms with van der Waals surface area (Å²) in [6.45, 7) is -0.560. The largest absolute Gasteiger partial charge is 0.459 e. The molecule has 0 radical (unpaired) electrons. The van der Waals surface area contributed by atoms with Crippen LogP contribution in [-0.4, -0.2) is 57.5 Å². The van der Waals surface area contributed by atoms with Crippen molar-refractivity contribution in [2.45, 2.75) is 24.5 Å². The molecule has 2 N–H and O–H groups in total. The van der Waals surface area contributed by atoms with E-state index >= 15 is 0 Å². The van der Waals surface area contributed by atoms with Crippen molar-refractivity contribution in [3.63, 3.8) is 0 Å². The average molecular weight is 635 g/mol. The molecule has 0 saturated carbocycles. The van der Waals surface area contributed by atoms with E-state index in [2.05, 4.69) is 5.10 Å². The van der Waals surface area contributed by atoms with Gasteiger partial charge < -0.3 is 24.7 Å². The standard InChI is InChI=1S/C30H23ClN4O10/c31-25-21(32)22(35(40)41)26(36)34(33-25)27-24(45-30(39)19-14-8-3-9-15-19)23(44-29(38)18-12-6-2-7-13-18)20(43-27)16-42-28(37)17-10-4-1-5-11-17/h1-15,20,23-24,27H,16,32H2/t20-,23-,24-,27-/m1/s1. The number of hydrogen-bond acceptors (Lipinski definition) is 12. The first-order chi connectivity index (χ1) is 21.7. The normalized spacial score (nSPS) is 19.0. The number of benzene rings is 3. The molecule has 45 heavy (non-hydrogen) atoms. The van der Waals surface area contributed by atoms with Crippen LogP contribution in [0.4, 0.5) is 11.4 Å². The molecule has 4 atom stereocenters. The third kappa shape index (κ3) is 6.66. The van der Waals surface area contributed by atoms with Gasteiger partial charge in [0.05, 0.1) is 21.6 Å². The van der Waals surface area contributed by atoms with Crippen molar-refractivity contribution in [3.8, 4) is 0 Å². The molecule has 0 bridgehead atoms. The molecule has 0 aliphatic carbocycles. The van der Waals surface area contributed by atoms with Gasteiger partial charge in [0.2, 0.25) is 0 Å². The van der Waals surface area contributed by atoms with E-state index in [1.54, 1.807) is 54.6 Å². The van der Waals surface area contributed by atoms with Crippen LogP contribution in [0.3, 0.4) is 0 Å². The maximum absolute atomic E-state index is 13.3. The lowest BCUT2D eigenvalue weighted by atomic mass is 10.1. The molecular weight excluding hydrogens is 612 g/mol. The Hall–Kier alpha value is -5.60. The van der Waals surface area contributed by atoms with Crippen molar-refractivity contribution in [1.82, 2.24) is 9.78 Å². The Bertz CT molecular complexity index is 1790. The van der Waals surface area contributed by atoms with Crippen molar-refractivity contribution in [2.75, 3.05) is 12.3 Å². The number of carbonyl (C=O) groups is 3. The van der Waals surface area contributed by atoms with Crippen LogP contribution in [0.2, 0.25) is 5.15 Å². The summed E-state index contributed by atoms with van der Waals surface area (Å²) in [6, 6.07) is 23.5. The molecule has 1 saturated heterocycles. The van der Waals surface area contributed by atoms with E-state index in [1.807, 2.05) is 0 Å². The van der Waals surface area contributed by atoms with Gasteiger partial charge in [-0.25, -0.2) is 14.4 Å². The Balaban J connectivity index is 1.57. The van der Waals surface area contributed by atoms with Crippen LogP contribution in [0.15, 0.2) is 95.8 Å². The van der Waals surface area contributed by atoms with Crippen LogP contribution in [-0.2, 0) is 18.9 Å². The highest BCUT2D eigenvalue weighted by Crippen LogP contribution is 2.36. The van der Waals surface area contributed by atoms with Gasteiger partial charge in [-0.05, 0) is 36.4 Å². The van der Waals surface area contributed by atoms with E-state index in [1.165, 1.54) is 36.4 Å². The van der Waals surface area contributed by atoms with Crippen molar-refractivity contribution >= 4 is 40.9 Å². The molecule has 3 aromatic carbocycles. The summed E-state index contributed by atoms with van der Waals surface area (Å²) in [4.78, 5) is 63.2. The Morgan fingerprint density at radius 1 is 0.844 bits per heavy atom. The van der Waals surface area contributed by atoms with Crippen molar-refractivity contribution < 1.29 is 38.3 Å². The second-order valence-corrected chi connectivity index (χ2v) is 9.92. The fourth-order valence-electron chi connectivity index (χ4n) is 4.52. The summed E-state index contributed by atoms with van der Waals surface area (Å²) in [7, 11) is 0. The molecule has 0 amide bonds. The average Bonchev–Trinajstić information content (AvgIpc) is 3.38. The van der Waals surface area contributed by atoms with Gasteiger partial charge in [0.1, 0.15) is 12.7 Å². The van der Waals surface area contributed by atoms with Crippen LogP contribution in [0, 0.1) is 10.1 Å². The number of halogens is 1. The molecule has 15 heteroatoms. The fraction of sp³-hybridized carbons (Fsp3) is 0.167. The van der Waals surface area contributed by atoms with E-state index in [0.717, 1.165) is 0 Å².